The maximum Gasteiger partial charge on any atom is 0.338 e. The molecule has 4 saturated carbocycles. The SMILES string of the molecule is CC1(C)C[C@H]2C3=CC[C@@H]4[C@@]5(C)CC[C@H](O[C@@H]6O[C@H](C(=O)O)[C@@H](O)[C@H](O[C@@H]7OC[C@@H](O)[C@H](O)[C@H]7O)[C@H]6O[C@@H]6O[C@H](CO)[C@H](O)[C@H](O)[C@H]6O)C(C)(C)[C@@H]5CC[C@@]4(C)[C@]3(C)C[C@@H](O)[C@@]2(CO)[C@@H](O)[C@@H]1OC(=O)c1ccccc1. The van der Waals surface area contributed by atoms with Gasteiger partial charge in [0.25, 0.3) is 0 Å². The van der Waals surface area contributed by atoms with Gasteiger partial charge in [0.15, 0.2) is 25.0 Å². The van der Waals surface area contributed by atoms with E-state index in [0.717, 1.165) is 5.57 Å². The number of carboxylic acid groups (broad SMARTS) is 1. The minimum absolute atomic E-state index is 0.0408. The number of carbonyl (C=O) groups is 2. The van der Waals surface area contributed by atoms with E-state index in [1.807, 2.05) is 13.8 Å². The summed E-state index contributed by atoms with van der Waals surface area (Å²) in [5.74, 6) is -2.66. The van der Waals surface area contributed by atoms with Gasteiger partial charge in [0.05, 0.1) is 43.0 Å². The molecule has 21 heteroatoms. The fourth-order valence-electron chi connectivity index (χ4n) is 16.1. The number of hydrogen-bond acceptors (Lipinski definition) is 20. The van der Waals surface area contributed by atoms with Crippen molar-refractivity contribution in [2.75, 3.05) is 19.8 Å². The van der Waals surface area contributed by atoms with Crippen molar-refractivity contribution in [1.82, 2.24) is 0 Å². The molecule has 0 bridgehead atoms. The Bertz CT molecular complexity index is 2260. The lowest BCUT2D eigenvalue weighted by atomic mass is 9.33. The lowest BCUT2D eigenvalue weighted by Gasteiger charge is -2.72. The Morgan fingerprint density at radius 2 is 1.37 bits per heavy atom. The number of esters is 1. The summed E-state index contributed by atoms with van der Waals surface area (Å²) >= 11 is 0. The van der Waals surface area contributed by atoms with Crippen molar-refractivity contribution >= 4 is 11.9 Å². The van der Waals surface area contributed by atoms with Gasteiger partial charge in [0, 0.05) is 5.41 Å². The summed E-state index contributed by atoms with van der Waals surface area (Å²) in [7, 11) is 0. The Kier molecular flexibility index (Phi) is 15.5. The van der Waals surface area contributed by atoms with Crippen LogP contribution in [0.2, 0.25) is 0 Å². The molecule has 1 aromatic carbocycles. The highest BCUT2D eigenvalue weighted by Crippen LogP contribution is 2.76. The normalized spacial score (nSPS) is 50.2. The van der Waals surface area contributed by atoms with Crippen LogP contribution in [0, 0.1) is 50.2 Å². The first kappa shape index (κ1) is 56.9. The number of aliphatic hydroxyl groups excluding tert-OH is 11. The van der Waals surface area contributed by atoms with Crippen LogP contribution >= 0.6 is 0 Å². The third kappa shape index (κ3) is 8.95. The summed E-state index contributed by atoms with van der Waals surface area (Å²) in [6.45, 7) is 13.0. The van der Waals surface area contributed by atoms with E-state index in [9.17, 15) is 70.9 Å². The third-order valence-electron chi connectivity index (χ3n) is 20.5. The summed E-state index contributed by atoms with van der Waals surface area (Å²) < 4.78 is 42.5. The highest BCUT2D eigenvalue weighted by molar-refractivity contribution is 5.89. The van der Waals surface area contributed by atoms with Crippen molar-refractivity contribution in [2.24, 2.45) is 50.2 Å². The first-order chi connectivity index (χ1) is 35.1. The molecule has 422 valence electrons. The van der Waals surface area contributed by atoms with Gasteiger partial charge in [-0.15, -0.1) is 0 Å². The Morgan fingerprint density at radius 1 is 0.707 bits per heavy atom. The monoisotopic (exact) mass is 1060 g/mol. The largest absolute Gasteiger partial charge is 0.479 e. The average Bonchev–Trinajstić information content (AvgIpc) is 3.45. The second kappa shape index (κ2) is 20.4. The quantitative estimate of drug-likeness (QED) is 0.0796. The van der Waals surface area contributed by atoms with Crippen molar-refractivity contribution in [3.63, 3.8) is 0 Å². The van der Waals surface area contributed by atoms with E-state index in [-0.39, 0.29) is 23.7 Å². The Morgan fingerprint density at radius 3 is 2.03 bits per heavy atom. The number of hydrogen-bond donors (Lipinski definition) is 12. The first-order valence-electron chi connectivity index (χ1n) is 26.6. The highest BCUT2D eigenvalue weighted by atomic mass is 16.8. The van der Waals surface area contributed by atoms with E-state index in [2.05, 4.69) is 40.7 Å². The van der Waals surface area contributed by atoms with Gasteiger partial charge in [0.1, 0.15) is 73.2 Å². The molecule has 9 rings (SSSR count). The molecule has 0 aromatic heterocycles. The lowest BCUT2D eigenvalue weighted by Crippen LogP contribution is -2.72. The number of aliphatic hydroxyl groups is 11. The molecular weight excluding hydrogens is 985 g/mol. The lowest BCUT2D eigenvalue weighted by molar-refractivity contribution is -0.392. The highest BCUT2D eigenvalue weighted by Gasteiger charge is 2.73. The van der Waals surface area contributed by atoms with Gasteiger partial charge in [-0.2, -0.15) is 0 Å². The first-order valence-corrected chi connectivity index (χ1v) is 26.6. The van der Waals surface area contributed by atoms with Crippen LogP contribution in [0.1, 0.15) is 104 Å². The number of allylic oxidation sites excluding steroid dienone is 2. The Hall–Kier alpha value is -2.78. The molecule has 25 atom stereocenters. The van der Waals surface area contributed by atoms with Crippen LogP contribution in [0.4, 0.5) is 0 Å². The summed E-state index contributed by atoms with van der Waals surface area (Å²) in [6.07, 6.45) is -23.6. The number of aliphatic carboxylic acids is 1. The maximum atomic E-state index is 13.5. The van der Waals surface area contributed by atoms with E-state index >= 15 is 0 Å². The van der Waals surface area contributed by atoms with E-state index < -0.39 is 175 Å². The van der Waals surface area contributed by atoms with E-state index in [1.54, 1.807) is 30.3 Å². The predicted octanol–water partition coefficient (Wildman–Crippen LogP) is 0.122. The smallest absolute Gasteiger partial charge is 0.338 e. The molecule has 3 heterocycles. The minimum atomic E-state index is -2.09. The van der Waals surface area contributed by atoms with Crippen molar-refractivity contribution in [2.45, 2.75) is 204 Å². The fraction of sp³-hybridized carbons (Fsp3) is 0.815. The molecule has 5 aliphatic carbocycles. The molecule has 0 radical (unpaired) electrons. The van der Waals surface area contributed by atoms with E-state index in [4.69, 9.17) is 33.2 Å². The molecule has 0 spiro atoms. The molecule has 1 aromatic rings. The van der Waals surface area contributed by atoms with Gasteiger partial charge in [-0.25, -0.2) is 9.59 Å². The number of fused-ring (bicyclic) bond motifs is 7. The zero-order valence-corrected chi connectivity index (χ0v) is 43.7. The van der Waals surface area contributed by atoms with Crippen LogP contribution in [0.5, 0.6) is 0 Å². The number of rotatable bonds is 11. The molecule has 12 N–H and O–H groups in total. The molecule has 7 fully saturated rings. The molecule has 75 heavy (non-hydrogen) atoms. The van der Waals surface area contributed by atoms with Crippen molar-refractivity contribution in [1.29, 1.82) is 0 Å². The number of carboxylic acids is 1. The number of carbonyl (C=O) groups excluding carboxylic acids is 1. The molecule has 21 nitrogen and oxygen atoms in total. The van der Waals surface area contributed by atoms with Crippen molar-refractivity contribution < 1.29 is 104 Å². The van der Waals surface area contributed by atoms with Crippen molar-refractivity contribution in [3.05, 3.63) is 47.5 Å². The van der Waals surface area contributed by atoms with Gasteiger partial charge in [-0.3, -0.25) is 0 Å². The molecule has 8 aliphatic rings. The second-order valence-electron chi connectivity index (χ2n) is 25.1. The van der Waals surface area contributed by atoms with Crippen LogP contribution in [0.15, 0.2) is 42.0 Å². The molecule has 0 unspecified atom stereocenters. The predicted molar refractivity (Wildman–Crippen MR) is 258 cm³/mol. The zero-order chi connectivity index (χ0) is 54.7. The van der Waals surface area contributed by atoms with Crippen molar-refractivity contribution in [3.8, 4) is 0 Å². The van der Waals surface area contributed by atoms with Gasteiger partial charge >= 0.3 is 11.9 Å². The van der Waals surface area contributed by atoms with E-state index in [1.165, 1.54) is 0 Å². The minimum Gasteiger partial charge on any atom is -0.479 e. The number of benzene rings is 1. The molecular formula is C54H80O21. The van der Waals surface area contributed by atoms with Crippen LogP contribution < -0.4 is 0 Å². The molecule has 3 saturated heterocycles. The summed E-state index contributed by atoms with van der Waals surface area (Å²) in [4.78, 5) is 26.3. The van der Waals surface area contributed by atoms with Gasteiger partial charge in [0.2, 0.25) is 0 Å². The average molecular weight is 1070 g/mol. The van der Waals surface area contributed by atoms with Crippen LogP contribution in [-0.4, -0.2) is 203 Å². The zero-order valence-electron chi connectivity index (χ0n) is 43.7. The van der Waals surface area contributed by atoms with Crippen LogP contribution in [0.3, 0.4) is 0 Å². The summed E-state index contributed by atoms with van der Waals surface area (Å²) in [5.41, 5.74) is -2.82. The van der Waals surface area contributed by atoms with Gasteiger partial charge < -0.3 is 94.4 Å². The van der Waals surface area contributed by atoms with Crippen LogP contribution in [-0.2, 0) is 38.0 Å². The van der Waals surface area contributed by atoms with Crippen LogP contribution in [0.25, 0.3) is 0 Å². The molecule has 0 amide bonds. The van der Waals surface area contributed by atoms with E-state index in [0.29, 0.717) is 44.1 Å². The standard InChI is InChI=1S/C54H80O21/c1-49(2)19-26-25-13-14-30-51(5)17-16-32(50(3,4)29(51)15-18-52(30,6)53(25,7)20-31(58)54(26,23-56)42(65)43(49)75-45(68)24-11-9-8-10-12-24)71-48-41(74-47-37(63)35(61)34(60)28(21-55)70-47)39(38(64)40(73-48)44(66)67)72-46-36(62)33(59)27(57)22-69-46/h8-13,26-43,46-48,55-65H,14-23H2,1-7H3,(H,66,67)/t26-,27+,28+,29-,30+,31+,32-,33-,34-,35-,36+,37+,38-,39-,40-,41+,42-,43-,46-,47-,48+,51-,52+,53+,54-/m0/s1. The third-order valence-corrected chi connectivity index (χ3v) is 20.5. The second-order valence-corrected chi connectivity index (χ2v) is 25.1. The Balaban J connectivity index is 1.01. The topological polar surface area (TPSA) is 342 Å². The van der Waals surface area contributed by atoms with Gasteiger partial charge in [-0.05, 0) is 96.5 Å². The fourth-order valence-corrected chi connectivity index (χ4v) is 16.1. The number of ether oxygens (including phenoxy) is 7. The Labute approximate surface area is 436 Å². The summed E-state index contributed by atoms with van der Waals surface area (Å²) in [5, 5.41) is 132. The summed E-state index contributed by atoms with van der Waals surface area (Å²) in [6, 6.07) is 8.52. The maximum absolute atomic E-state index is 13.5. The molecule has 3 aliphatic heterocycles. The van der Waals surface area contributed by atoms with Gasteiger partial charge in [-0.1, -0.05) is 78.3 Å².